The normalized spacial score (nSPS) is 21.9. The van der Waals surface area contributed by atoms with Gasteiger partial charge in [-0.05, 0) is 18.6 Å². The van der Waals surface area contributed by atoms with E-state index in [1.807, 2.05) is 0 Å². The van der Waals surface area contributed by atoms with E-state index in [1.54, 1.807) is 12.1 Å². The van der Waals surface area contributed by atoms with Gasteiger partial charge in [-0.3, -0.25) is 14.9 Å². The van der Waals surface area contributed by atoms with Crippen molar-refractivity contribution in [3.8, 4) is 11.7 Å². The van der Waals surface area contributed by atoms with Gasteiger partial charge in [0.25, 0.3) is 11.8 Å². The molecule has 0 aromatic carbocycles. The fraction of sp³-hybridized carbons (Fsp3) is 0.400. The van der Waals surface area contributed by atoms with Crippen LogP contribution in [-0.2, 0) is 19.4 Å². The number of furan rings is 1. The van der Waals surface area contributed by atoms with E-state index >= 15 is 0 Å². The number of carbonyl (C=O) groups excluding carboxylic acids is 2. The molecule has 2 aromatic heterocycles. The van der Waals surface area contributed by atoms with Gasteiger partial charge in [0.1, 0.15) is 5.71 Å². The second kappa shape index (κ2) is 6.61. The van der Waals surface area contributed by atoms with Gasteiger partial charge in [-0.2, -0.15) is 5.10 Å². The molecule has 0 unspecified atom stereocenters. The molecule has 2 aromatic rings. The fourth-order valence-corrected chi connectivity index (χ4v) is 4.62. The van der Waals surface area contributed by atoms with Crippen molar-refractivity contribution in [2.75, 3.05) is 16.8 Å². The molecule has 2 aliphatic rings. The summed E-state index contributed by atoms with van der Waals surface area (Å²) in [6, 6.07) is 2.60. The third-order valence-electron chi connectivity index (χ3n) is 4.25. The van der Waals surface area contributed by atoms with Crippen molar-refractivity contribution in [1.29, 1.82) is 0 Å². The molecular weight excluding hydrogens is 378 g/mol. The van der Waals surface area contributed by atoms with Crippen molar-refractivity contribution in [2.45, 2.75) is 25.3 Å². The Morgan fingerprint density at radius 2 is 2.15 bits per heavy atom. The number of nitrogens with zero attached hydrogens (tertiary/aromatic N) is 4. The maximum absolute atomic E-state index is 12.4. The minimum absolute atomic E-state index is 0.00996. The Kier molecular flexibility index (Phi) is 4.26. The van der Waals surface area contributed by atoms with Crippen LogP contribution < -0.4 is 5.32 Å². The Balaban J connectivity index is 1.48. The molecule has 1 atom stereocenters. The highest BCUT2D eigenvalue weighted by molar-refractivity contribution is 7.91. The molecule has 4 heterocycles. The highest BCUT2D eigenvalue weighted by Gasteiger charge is 2.37. The van der Waals surface area contributed by atoms with Gasteiger partial charge in [0.05, 0.1) is 23.8 Å². The summed E-state index contributed by atoms with van der Waals surface area (Å²) in [6.07, 6.45) is 1.97. The molecule has 0 saturated carbocycles. The van der Waals surface area contributed by atoms with Crippen molar-refractivity contribution in [3.05, 3.63) is 18.4 Å². The molecule has 12 heteroatoms. The zero-order valence-electron chi connectivity index (χ0n) is 14.0. The Morgan fingerprint density at radius 3 is 2.85 bits per heavy atom. The van der Waals surface area contributed by atoms with Crippen LogP contribution in [0.5, 0.6) is 0 Å². The molecule has 0 bridgehead atoms. The lowest BCUT2D eigenvalue weighted by molar-refractivity contribution is -0.133. The van der Waals surface area contributed by atoms with Crippen molar-refractivity contribution in [3.63, 3.8) is 0 Å². The van der Waals surface area contributed by atoms with E-state index in [0.717, 1.165) is 5.01 Å². The van der Waals surface area contributed by atoms with E-state index in [1.165, 1.54) is 6.26 Å². The number of hydrogen-bond acceptors (Lipinski definition) is 9. The average Bonchev–Trinajstić information content (AvgIpc) is 3.35. The third kappa shape index (κ3) is 3.60. The second-order valence-electron chi connectivity index (χ2n) is 6.19. The molecule has 0 aliphatic carbocycles. The van der Waals surface area contributed by atoms with E-state index in [-0.39, 0.29) is 47.9 Å². The van der Waals surface area contributed by atoms with E-state index in [2.05, 4.69) is 20.6 Å². The van der Waals surface area contributed by atoms with Crippen LogP contribution in [0.15, 0.2) is 32.3 Å². The Morgan fingerprint density at radius 1 is 1.30 bits per heavy atom. The van der Waals surface area contributed by atoms with E-state index in [0.29, 0.717) is 12.2 Å². The number of anilines is 1. The topological polar surface area (TPSA) is 148 Å². The monoisotopic (exact) mass is 393 g/mol. The van der Waals surface area contributed by atoms with Crippen molar-refractivity contribution in [2.24, 2.45) is 5.10 Å². The highest BCUT2D eigenvalue weighted by Crippen LogP contribution is 2.23. The van der Waals surface area contributed by atoms with Gasteiger partial charge in [-0.1, -0.05) is 5.10 Å². The van der Waals surface area contributed by atoms with Gasteiger partial charge in [-0.25, -0.2) is 13.4 Å². The lowest BCUT2D eigenvalue weighted by Gasteiger charge is -2.27. The number of hydrazone groups is 1. The summed E-state index contributed by atoms with van der Waals surface area (Å²) < 4.78 is 33.7. The molecule has 11 nitrogen and oxygen atoms in total. The van der Waals surface area contributed by atoms with Gasteiger partial charge < -0.3 is 8.83 Å². The largest absolute Gasteiger partial charge is 0.459 e. The summed E-state index contributed by atoms with van der Waals surface area (Å²) >= 11 is 0. The van der Waals surface area contributed by atoms with Crippen molar-refractivity contribution in [1.82, 2.24) is 15.2 Å². The van der Waals surface area contributed by atoms with Crippen LogP contribution in [-0.4, -0.2) is 58.7 Å². The first-order valence-electron chi connectivity index (χ1n) is 8.20. The van der Waals surface area contributed by atoms with Crippen molar-refractivity contribution < 1.29 is 26.8 Å². The average molecular weight is 393 g/mol. The van der Waals surface area contributed by atoms with Crippen LogP contribution in [0.2, 0.25) is 0 Å². The minimum Gasteiger partial charge on any atom is -0.459 e. The molecule has 27 heavy (non-hydrogen) atoms. The second-order valence-corrected chi connectivity index (χ2v) is 8.41. The Bertz CT molecular complexity index is 1010. The highest BCUT2D eigenvalue weighted by atomic mass is 32.2. The summed E-state index contributed by atoms with van der Waals surface area (Å²) in [5, 5.41) is 15.1. The number of amides is 2. The number of hydrogen-bond donors (Lipinski definition) is 1. The number of aromatic nitrogens is 2. The first-order chi connectivity index (χ1) is 12.9. The quantitative estimate of drug-likeness (QED) is 0.786. The molecule has 142 valence electrons. The molecule has 0 spiro atoms. The number of carbonyl (C=O) groups is 2. The van der Waals surface area contributed by atoms with Crippen LogP contribution in [0.25, 0.3) is 11.7 Å². The number of nitrogens with one attached hydrogen (secondary N) is 1. The number of rotatable bonds is 4. The Hall–Kier alpha value is -3.02. The van der Waals surface area contributed by atoms with Gasteiger partial charge >= 0.3 is 6.01 Å². The molecule has 2 aliphatic heterocycles. The fourth-order valence-electron chi connectivity index (χ4n) is 2.93. The summed E-state index contributed by atoms with van der Waals surface area (Å²) in [4.78, 5) is 24.5. The van der Waals surface area contributed by atoms with E-state index in [9.17, 15) is 18.0 Å². The Labute approximate surface area is 153 Å². The summed E-state index contributed by atoms with van der Waals surface area (Å²) in [5.41, 5.74) is 0.0941. The van der Waals surface area contributed by atoms with Gasteiger partial charge in [0, 0.05) is 12.8 Å². The van der Waals surface area contributed by atoms with Gasteiger partial charge in [0.15, 0.2) is 15.6 Å². The minimum atomic E-state index is -3.18. The molecule has 0 radical (unpaired) electrons. The lowest BCUT2D eigenvalue weighted by atomic mass is 10.1. The summed E-state index contributed by atoms with van der Waals surface area (Å²) in [5.74, 6) is -0.566. The first kappa shape index (κ1) is 17.4. The maximum atomic E-state index is 12.4. The first-order valence-corrected chi connectivity index (χ1v) is 10.0. The summed E-state index contributed by atoms with van der Waals surface area (Å²) in [6.45, 7) is 0. The number of sulfone groups is 1. The van der Waals surface area contributed by atoms with E-state index in [4.69, 9.17) is 8.83 Å². The predicted molar refractivity (Wildman–Crippen MR) is 91.2 cm³/mol. The van der Waals surface area contributed by atoms with Crippen molar-refractivity contribution >= 4 is 33.4 Å². The van der Waals surface area contributed by atoms with Crippen LogP contribution in [0, 0.1) is 0 Å². The standard InChI is InChI=1S/C15H15N5O6S/c21-12-4-3-10(19-20(12)9-5-7-27(23,24)8-9)13(22)16-15-18-17-14(26-15)11-2-1-6-25-11/h1-2,6,9H,3-5,7-8H2,(H,16,18,22)/t9-/m0/s1. The molecular formula is C15H15N5O6S. The molecule has 4 rings (SSSR count). The van der Waals surface area contributed by atoms with E-state index < -0.39 is 21.8 Å². The molecule has 1 saturated heterocycles. The smallest absolute Gasteiger partial charge is 0.322 e. The molecule has 1 fully saturated rings. The van der Waals surface area contributed by atoms with Crippen LogP contribution >= 0.6 is 0 Å². The van der Waals surface area contributed by atoms with Crippen LogP contribution in [0.4, 0.5) is 6.01 Å². The van der Waals surface area contributed by atoms with Crippen LogP contribution in [0.3, 0.4) is 0 Å². The third-order valence-corrected chi connectivity index (χ3v) is 6.00. The lowest BCUT2D eigenvalue weighted by Crippen LogP contribution is -2.42. The van der Waals surface area contributed by atoms with Crippen LogP contribution in [0.1, 0.15) is 19.3 Å². The zero-order chi connectivity index (χ0) is 19.0. The molecule has 2 amide bonds. The predicted octanol–water partition coefficient (Wildman–Crippen LogP) is 0.434. The van der Waals surface area contributed by atoms with Gasteiger partial charge in [0.2, 0.25) is 5.91 Å². The zero-order valence-corrected chi connectivity index (χ0v) is 14.8. The SMILES string of the molecule is O=C(Nc1nnc(-c2ccco2)o1)C1=NN([C@H]2CCS(=O)(=O)C2)C(=O)CC1. The van der Waals surface area contributed by atoms with Gasteiger partial charge in [-0.15, -0.1) is 5.10 Å². The maximum Gasteiger partial charge on any atom is 0.322 e. The molecule has 1 N–H and O–H groups in total. The summed E-state index contributed by atoms with van der Waals surface area (Å²) in [7, 11) is -3.18.